The van der Waals surface area contributed by atoms with E-state index in [1.807, 2.05) is 16.7 Å². The highest BCUT2D eigenvalue weighted by molar-refractivity contribution is 14.0. The molecule has 2 saturated heterocycles. The summed E-state index contributed by atoms with van der Waals surface area (Å²) in [5.74, 6) is 1.49. The van der Waals surface area contributed by atoms with E-state index in [0.29, 0.717) is 17.8 Å². The van der Waals surface area contributed by atoms with Crippen LogP contribution < -0.4 is 10.6 Å². The molecule has 2 N–H and O–H groups in total. The number of likely N-dealkylation sites (tertiary alicyclic amines) is 1. The maximum absolute atomic E-state index is 12.3. The molecule has 0 aromatic heterocycles. The molecule has 1 aliphatic carbocycles. The lowest BCUT2D eigenvalue weighted by atomic mass is 9.84. The molecular weight excluding hydrogens is 483 g/mol. The number of nitrogens with one attached hydrogen (secondary N) is 2. The summed E-state index contributed by atoms with van der Waals surface area (Å²) in [6.45, 7) is 9.97. The highest BCUT2D eigenvalue weighted by Crippen LogP contribution is 2.28. The van der Waals surface area contributed by atoms with Crippen LogP contribution in [0.2, 0.25) is 0 Å². The number of carbonyl (C=O) groups excluding carboxylic acids is 2. The number of nitrogens with zero attached hydrogens (tertiary/aromatic N) is 4. The van der Waals surface area contributed by atoms with Crippen LogP contribution in [0.25, 0.3) is 0 Å². The van der Waals surface area contributed by atoms with E-state index in [-0.39, 0.29) is 36.4 Å². The molecule has 9 heteroatoms. The summed E-state index contributed by atoms with van der Waals surface area (Å²) < 4.78 is 0. The van der Waals surface area contributed by atoms with Crippen molar-refractivity contribution in [2.75, 3.05) is 65.4 Å². The predicted octanol–water partition coefficient (Wildman–Crippen LogP) is 0.726. The Balaban J connectivity index is 0.00000300. The van der Waals surface area contributed by atoms with E-state index in [0.717, 1.165) is 84.6 Å². The number of hydrogen-bond donors (Lipinski definition) is 2. The maximum atomic E-state index is 12.3. The van der Waals surface area contributed by atoms with E-state index in [1.54, 1.807) is 0 Å². The van der Waals surface area contributed by atoms with Gasteiger partial charge in [0.05, 0.1) is 0 Å². The lowest BCUT2D eigenvalue weighted by molar-refractivity contribution is -0.140. The predicted molar refractivity (Wildman–Crippen MR) is 126 cm³/mol. The van der Waals surface area contributed by atoms with Crippen LogP contribution in [0.15, 0.2) is 4.99 Å². The third kappa shape index (κ3) is 7.27. The van der Waals surface area contributed by atoms with E-state index in [2.05, 4.69) is 20.5 Å². The molecule has 8 nitrogen and oxygen atoms in total. The number of guanidine groups is 1. The minimum absolute atomic E-state index is 0. The largest absolute Gasteiger partial charge is 0.357 e. The van der Waals surface area contributed by atoms with Gasteiger partial charge in [-0.05, 0) is 32.6 Å². The average Bonchev–Trinajstić information content (AvgIpc) is 3.20. The third-order valence-electron chi connectivity index (χ3n) is 6.03. The Morgan fingerprint density at radius 3 is 2.21 bits per heavy atom. The van der Waals surface area contributed by atoms with Crippen molar-refractivity contribution in [3.05, 3.63) is 0 Å². The van der Waals surface area contributed by atoms with E-state index in [4.69, 9.17) is 0 Å². The smallest absolute Gasteiger partial charge is 0.244 e. The van der Waals surface area contributed by atoms with E-state index < -0.39 is 0 Å². The number of halogens is 1. The fourth-order valence-electron chi connectivity index (χ4n) is 3.99. The topological polar surface area (TPSA) is 80.3 Å². The zero-order valence-corrected chi connectivity index (χ0v) is 20.0. The molecule has 166 valence electrons. The first-order chi connectivity index (χ1) is 13.7. The molecule has 29 heavy (non-hydrogen) atoms. The van der Waals surface area contributed by atoms with E-state index in [9.17, 15) is 9.59 Å². The standard InChI is InChI=1S/C20H36N6O2.HI/c1-2-21-20(23-16-18(27)25-9-3-4-10-25)22-8-11-24-12-14-26(15-13-24)19(28)17-6-5-7-17;/h17H,2-16H2,1H3,(H2,21,22,23);1H. The first-order valence-corrected chi connectivity index (χ1v) is 11.0. The Bertz CT molecular complexity index is 555. The van der Waals surface area contributed by atoms with Crippen molar-refractivity contribution < 1.29 is 9.59 Å². The Labute approximate surface area is 191 Å². The van der Waals surface area contributed by atoms with Gasteiger partial charge >= 0.3 is 0 Å². The minimum Gasteiger partial charge on any atom is -0.357 e. The van der Waals surface area contributed by atoms with Crippen molar-refractivity contribution in [1.29, 1.82) is 0 Å². The molecule has 0 aromatic carbocycles. The van der Waals surface area contributed by atoms with Crippen LogP contribution in [0, 0.1) is 5.92 Å². The number of rotatable bonds is 7. The summed E-state index contributed by atoms with van der Waals surface area (Å²) in [5, 5.41) is 6.54. The molecule has 3 fully saturated rings. The second-order valence-electron chi connectivity index (χ2n) is 8.00. The van der Waals surface area contributed by atoms with Crippen molar-refractivity contribution >= 4 is 41.8 Å². The molecule has 0 atom stereocenters. The number of carbonyl (C=O) groups is 2. The van der Waals surface area contributed by atoms with Gasteiger partial charge in [0, 0.05) is 64.8 Å². The lowest BCUT2D eigenvalue weighted by Gasteiger charge is -2.38. The highest BCUT2D eigenvalue weighted by atomic mass is 127. The van der Waals surface area contributed by atoms with Gasteiger partial charge < -0.3 is 20.4 Å². The van der Waals surface area contributed by atoms with Gasteiger partial charge in [0.2, 0.25) is 11.8 Å². The van der Waals surface area contributed by atoms with Crippen molar-refractivity contribution in [2.24, 2.45) is 10.9 Å². The summed E-state index contributed by atoms with van der Waals surface area (Å²) in [5.41, 5.74) is 0. The van der Waals surface area contributed by atoms with Crippen molar-refractivity contribution in [1.82, 2.24) is 25.3 Å². The first kappa shape index (κ1) is 24.2. The van der Waals surface area contributed by atoms with Gasteiger partial charge in [-0.25, -0.2) is 4.99 Å². The number of hydrogen-bond acceptors (Lipinski definition) is 4. The molecule has 2 aliphatic heterocycles. The van der Waals surface area contributed by atoms with Gasteiger partial charge in [-0.15, -0.1) is 24.0 Å². The number of piperazine rings is 1. The minimum atomic E-state index is 0. The summed E-state index contributed by atoms with van der Waals surface area (Å²) >= 11 is 0. The normalized spacial score (nSPS) is 20.8. The Hall–Kier alpha value is -1.10. The molecule has 0 radical (unpaired) electrons. The van der Waals surface area contributed by atoms with Crippen LogP contribution in [0.3, 0.4) is 0 Å². The molecular formula is C20H37IN6O2. The molecule has 3 rings (SSSR count). The van der Waals surface area contributed by atoms with Crippen LogP contribution in [-0.2, 0) is 9.59 Å². The molecule has 0 aromatic rings. The van der Waals surface area contributed by atoms with Crippen molar-refractivity contribution in [3.8, 4) is 0 Å². The maximum Gasteiger partial charge on any atom is 0.244 e. The Morgan fingerprint density at radius 2 is 1.62 bits per heavy atom. The summed E-state index contributed by atoms with van der Waals surface area (Å²) in [7, 11) is 0. The van der Waals surface area contributed by atoms with E-state index >= 15 is 0 Å². The second kappa shape index (κ2) is 12.6. The second-order valence-corrected chi connectivity index (χ2v) is 8.00. The van der Waals surface area contributed by atoms with Gasteiger partial charge in [-0.1, -0.05) is 6.42 Å². The zero-order valence-electron chi connectivity index (χ0n) is 17.7. The van der Waals surface area contributed by atoms with Crippen LogP contribution in [0.4, 0.5) is 0 Å². The Kier molecular flexibility index (Phi) is 10.5. The van der Waals surface area contributed by atoms with Gasteiger partial charge in [0.25, 0.3) is 0 Å². The summed E-state index contributed by atoms with van der Waals surface area (Å²) in [6.07, 6.45) is 5.58. The fourth-order valence-corrected chi connectivity index (χ4v) is 3.99. The van der Waals surface area contributed by atoms with Gasteiger partial charge in [-0.3, -0.25) is 14.5 Å². The molecule has 0 spiro atoms. The highest BCUT2D eigenvalue weighted by Gasteiger charge is 2.31. The third-order valence-corrected chi connectivity index (χ3v) is 6.03. The average molecular weight is 520 g/mol. The molecule has 3 aliphatic rings. The molecule has 2 heterocycles. The fraction of sp³-hybridized carbons (Fsp3) is 0.850. The van der Waals surface area contributed by atoms with Crippen molar-refractivity contribution in [3.63, 3.8) is 0 Å². The van der Waals surface area contributed by atoms with Gasteiger partial charge in [-0.2, -0.15) is 0 Å². The number of aliphatic imine (C=N–C) groups is 1. The zero-order chi connectivity index (χ0) is 19.8. The molecule has 1 saturated carbocycles. The van der Waals surface area contributed by atoms with Crippen molar-refractivity contribution in [2.45, 2.75) is 39.0 Å². The van der Waals surface area contributed by atoms with Gasteiger partial charge in [0.1, 0.15) is 6.54 Å². The summed E-state index contributed by atoms with van der Waals surface area (Å²) in [4.78, 5) is 35.3. The Morgan fingerprint density at radius 1 is 0.931 bits per heavy atom. The molecule has 0 unspecified atom stereocenters. The monoisotopic (exact) mass is 520 g/mol. The molecule has 0 bridgehead atoms. The van der Waals surface area contributed by atoms with Crippen LogP contribution >= 0.6 is 24.0 Å². The van der Waals surface area contributed by atoms with Crippen LogP contribution in [0.5, 0.6) is 0 Å². The quantitative estimate of drug-likeness (QED) is 0.294. The lowest BCUT2D eigenvalue weighted by Crippen LogP contribution is -2.52. The first-order valence-electron chi connectivity index (χ1n) is 11.0. The van der Waals surface area contributed by atoms with Crippen LogP contribution in [0.1, 0.15) is 39.0 Å². The van der Waals surface area contributed by atoms with E-state index in [1.165, 1.54) is 6.42 Å². The molecule has 2 amide bonds. The van der Waals surface area contributed by atoms with Gasteiger partial charge in [0.15, 0.2) is 5.96 Å². The SMILES string of the molecule is CCNC(=NCC(=O)N1CCCC1)NCCN1CCN(C(=O)C2CCC2)CC1.I. The summed E-state index contributed by atoms with van der Waals surface area (Å²) in [6, 6.07) is 0. The van der Waals surface area contributed by atoms with Crippen LogP contribution in [-0.4, -0.2) is 97.9 Å². The number of amides is 2.